The van der Waals surface area contributed by atoms with Crippen LogP contribution >= 0.6 is 23.1 Å². The molecule has 0 saturated carbocycles. The standard InChI is InChI=1S/C13H19NOS2/c1-14(8-4-10-16-2)11-13-7-6-12(17-13)5-3-9-15/h6-7,15H,4,8-11H2,1-2H3. The Morgan fingerprint density at radius 2 is 2.29 bits per heavy atom. The lowest BCUT2D eigenvalue weighted by molar-refractivity contribution is 0.331. The summed E-state index contributed by atoms with van der Waals surface area (Å²) in [5.41, 5.74) is 0. The molecule has 0 aliphatic carbocycles. The van der Waals surface area contributed by atoms with Crippen LogP contribution in [0.4, 0.5) is 0 Å². The van der Waals surface area contributed by atoms with E-state index in [1.165, 1.54) is 17.1 Å². The number of aliphatic hydroxyl groups excluding tert-OH is 1. The van der Waals surface area contributed by atoms with E-state index in [0.29, 0.717) is 0 Å². The fourth-order valence-electron chi connectivity index (χ4n) is 1.48. The molecule has 1 heterocycles. The van der Waals surface area contributed by atoms with Crippen molar-refractivity contribution in [3.05, 3.63) is 21.9 Å². The van der Waals surface area contributed by atoms with Gasteiger partial charge in [0.1, 0.15) is 6.61 Å². The molecule has 0 bridgehead atoms. The molecule has 94 valence electrons. The van der Waals surface area contributed by atoms with Gasteiger partial charge in [0.05, 0.1) is 4.88 Å². The van der Waals surface area contributed by atoms with Gasteiger partial charge in [-0.05, 0) is 44.2 Å². The number of thioether (sulfide) groups is 1. The molecule has 17 heavy (non-hydrogen) atoms. The highest BCUT2D eigenvalue weighted by molar-refractivity contribution is 7.98. The minimum atomic E-state index is -0.0676. The van der Waals surface area contributed by atoms with E-state index in [-0.39, 0.29) is 6.61 Å². The first-order chi connectivity index (χ1) is 8.26. The van der Waals surface area contributed by atoms with Gasteiger partial charge < -0.3 is 10.0 Å². The van der Waals surface area contributed by atoms with Crippen LogP contribution in [0, 0.1) is 11.8 Å². The lowest BCUT2D eigenvalue weighted by Gasteiger charge is -2.14. The molecule has 0 atom stereocenters. The summed E-state index contributed by atoms with van der Waals surface area (Å²) in [5.74, 6) is 6.83. The first-order valence-electron chi connectivity index (χ1n) is 5.62. The molecule has 0 saturated heterocycles. The normalized spacial score (nSPS) is 10.4. The number of hydrogen-bond donors (Lipinski definition) is 1. The van der Waals surface area contributed by atoms with Crippen molar-refractivity contribution < 1.29 is 5.11 Å². The molecular formula is C13H19NOS2. The molecule has 0 unspecified atom stereocenters. The minimum absolute atomic E-state index is 0.0676. The van der Waals surface area contributed by atoms with Crippen LogP contribution in [0.2, 0.25) is 0 Å². The molecule has 1 aromatic rings. The van der Waals surface area contributed by atoms with Gasteiger partial charge in [-0.25, -0.2) is 0 Å². The Kier molecular flexibility index (Phi) is 7.38. The molecule has 1 N–H and O–H groups in total. The van der Waals surface area contributed by atoms with Crippen molar-refractivity contribution in [3.63, 3.8) is 0 Å². The van der Waals surface area contributed by atoms with Crippen LogP contribution in [0.3, 0.4) is 0 Å². The second kappa shape index (κ2) is 8.60. The van der Waals surface area contributed by atoms with E-state index < -0.39 is 0 Å². The van der Waals surface area contributed by atoms with Crippen LogP contribution in [-0.4, -0.2) is 42.2 Å². The molecule has 0 fully saturated rings. The molecule has 0 amide bonds. The molecule has 0 radical (unpaired) electrons. The van der Waals surface area contributed by atoms with Crippen molar-refractivity contribution in [1.29, 1.82) is 0 Å². The Hall–Kier alpha value is -0.470. The second-order valence-corrected chi connectivity index (χ2v) is 5.96. The molecule has 1 aromatic heterocycles. The second-order valence-electron chi connectivity index (χ2n) is 3.81. The maximum atomic E-state index is 8.62. The van der Waals surface area contributed by atoms with Crippen LogP contribution in [0.1, 0.15) is 16.2 Å². The summed E-state index contributed by atoms with van der Waals surface area (Å²) in [5, 5.41) is 8.62. The average Bonchev–Trinajstić information content (AvgIpc) is 2.74. The third-order valence-electron chi connectivity index (χ3n) is 2.27. The Balaban J connectivity index is 2.37. The van der Waals surface area contributed by atoms with Crippen LogP contribution in [0.5, 0.6) is 0 Å². The van der Waals surface area contributed by atoms with Gasteiger partial charge in [0.15, 0.2) is 0 Å². The maximum absolute atomic E-state index is 8.62. The van der Waals surface area contributed by atoms with Gasteiger partial charge in [-0.3, -0.25) is 0 Å². The Bertz CT molecular complexity index is 378. The monoisotopic (exact) mass is 269 g/mol. The Labute approximate surface area is 112 Å². The van der Waals surface area contributed by atoms with Crippen LogP contribution in [0.15, 0.2) is 12.1 Å². The van der Waals surface area contributed by atoms with E-state index >= 15 is 0 Å². The van der Waals surface area contributed by atoms with Crippen LogP contribution in [-0.2, 0) is 6.54 Å². The molecule has 0 aliphatic rings. The summed E-state index contributed by atoms with van der Waals surface area (Å²) in [6, 6.07) is 4.15. The highest BCUT2D eigenvalue weighted by Gasteiger charge is 2.02. The fraction of sp³-hybridized carbons (Fsp3) is 0.538. The van der Waals surface area contributed by atoms with Crippen molar-refractivity contribution >= 4 is 23.1 Å². The van der Waals surface area contributed by atoms with Crippen molar-refractivity contribution in [2.75, 3.05) is 32.2 Å². The summed E-state index contributed by atoms with van der Waals surface area (Å²) < 4.78 is 0. The van der Waals surface area contributed by atoms with E-state index in [1.807, 2.05) is 17.8 Å². The van der Waals surface area contributed by atoms with Gasteiger partial charge in [-0.1, -0.05) is 11.8 Å². The van der Waals surface area contributed by atoms with E-state index in [2.05, 4.69) is 36.1 Å². The summed E-state index contributed by atoms with van der Waals surface area (Å²) >= 11 is 3.61. The van der Waals surface area contributed by atoms with E-state index in [1.54, 1.807) is 11.3 Å². The average molecular weight is 269 g/mol. The quantitative estimate of drug-likeness (QED) is 0.633. The van der Waals surface area contributed by atoms with Gasteiger partial charge in [0, 0.05) is 11.4 Å². The Morgan fingerprint density at radius 1 is 1.47 bits per heavy atom. The zero-order chi connectivity index (χ0) is 12.5. The summed E-state index contributed by atoms with van der Waals surface area (Å²) in [6.45, 7) is 2.05. The third-order valence-corrected chi connectivity index (χ3v) is 3.95. The number of thiophene rings is 1. The lowest BCUT2D eigenvalue weighted by atomic mass is 10.3. The molecule has 0 aromatic carbocycles. The summed E-state index contributed by atoms with van der Waals surface area (Å²) in [4.78, 5) is 4.70. The highest BCUT2D eigenvalue weighted by atomic mass is 32.2. The first kappa shape index (κ1) is 14.6. The van der Waals surface area contributed by atoms with E-state index in [0.717, 1.165) is 18.0 Å². The summed E-state index contributed by atoms with van der Waals surface area (Å²) in [7, 11) is 2.15. The minimum Gasteiger partial charge on any atom is -0.384 e. The van der Waals surface area contributed by atoms with Gasteiger partial charge in [0.2, 0.25) is 0 Å². The van der Waals surface area contributed by atoms with Crippen molar-refractivity contribution in [2.45, 2.75) is 13.0 Å². The lowest BCUT2D eigenvalue weighted by Crippen LogP contribution is -2.18. The zero-order valence-electron chi connectivity index (χ0n) is 10.4. The SMILES string of the molecule is CSCCCN(C)Cc1ccc(C#CCO)s1. The van der Waals surface area contributed by atoms with Crippen molar-refractivity contribution in [3.8, 4) is 11.8 Å². The van der Waals surface area contributed by atoms with Crippen LogP contribution < -0.4 is 0 Å². The fourth-order valence-corrected chi connectivity index (χ4v) is 2.86. The zero-order valence-corrected chi connectivity index (χ0v) is 12.0. The number of aliphatic hydroxyl groups is 1. The van der Waals surface area contributed by atoms with Gasteiger partial charge in [0.25, 0.3) is 0 Å². The number of rotatable bonds is 6. The summed E-state index contributed by atoms with van der Waals surface area (Å²) in [6.07, 6.45) is 3.38. The molecule has 4 heteroatoms. The van der Waals surface area contributed by atoms with Crippen molar-refractivity contribution in [2.24, 2.45) is 0 Å². The Morgan fingerprint density at radius 3 is 3.00 bits per heavy atom. The first-order valence-corrected chi connectivity index (χ1v) is 7.83. The third kappa shape index (κ3) is 6.13. The molecule has 2 nitrogen and oxygen atoms in total. The molecule has 0 aliphatic heterocycles. The van der Waals surface area contributed by atoms with E-state index in [4.69, 9.17) is 5.11 Å². The topological polar surface area (TPSA) is 23.5 Å². The maximum Gasteiger partial charge on any atom is 0.104 e. The smallest absolute Gasteiger partial charge is 0.104 e. The molecule has 0 spiro atoms. The predicted molar refractivity (Wildman–Crippen MR) is 77.6 cm³/mol. The van der Waals surface area contributed by atoms with E-state index in [9.17, 15) is 0 Å². The van der Waals surface area contributed by atoms with Crippen LogP contribution in [0.25, 0.3) is 0 Å². The molecular weight excluding hydrogens is 250 g/mol. The van der Waals surface area contributed by atoms with Gasteiger partial charge in [-0.2, -0.15) is 11.8 Å². The number of nitrogens with zero attached hydrogens (tertiary/aromatic N) is 1. The highest BCUT2D eigenvalue weighted by Crippen LogP contribution is 2.17. The number of hydrogen-bond acceptors (Lipinski definition) is 4. The van der Waals surface area contributed by atoms with Gasteiger partial charge >= 0.3 is 0 Å². The largest absolute Gasteiger partial charge is 0.384 e. The van der Waals surface area contributed by atoms with Crippen molar-refractivity contribution in [1.82, 2.24) is 4.90 Å². The predicted octanol–water partition coefficient (Wildman–Crippen LogP) is 2.28. The van der Waals surface area contributed by atoms with Gasteiger partial charge in [-0.15, -0.1) is 11.3 Å². The molecule has 1 rings (SSSR count).